The molecule has 154 valence electrons. The van der Waals surface area contributed by atoms with Crippen molar-refractivity contribution in [2.45, 2.75) is 4.90 Å². The number of sulfonamides is 1. The van der Waals surface area contributed by atoms with Crippen molar-refractivity contribution in [3.05, 3.63) is 72.2 Å². The highest BCUT2D eigenvalue weighted by Crippen LogP contribution is 2.34. The number of hydrogen-bond donors (Lipinski definition) is 1. The number of nitrogens with one attached hydrogen (secondary N) is 1. The van der Waals surface area contributed by atoms with E-state index in [1.165, 1.54) is 31.8 Å². The molecule has 0 aliphatic carbocycles. The Hall–Kier alpha value is -3.30. The molecular weight excluding hydrogens is 422 g/mol. The molecule has 7 nitrogen and oxygen atoms in total. The van der Waals surface area contributed by atoms with Gasteiger partial charge in [0.25, 0.3) is 10.0 Å². The Morgan fingerprint density at radius 2 is 1.73 bits per heavy atom. The minimum Gasteiger partial charge on any atom is -0.493 e. The standard InChI is InChI=1S/C21H19N3O4S2/c1-27-17-11-10-15(13-18(17)28-2)23-30(25,26)20-14-24(16-7-4-3-5-8-16)22-21(20)19-9-6-12-29-19/h3-14,23H,1-2H3. The molecular formula is C21H19N3O4S2. The van der Waals surface area contributed by atoms with Gasteiger partial charge >= 0.3 is 0 Å². The third-order valence-corrected chi connectivity index (χ3v) is 6.64. The second kappa shape index (κ2) is 8.21. The lowest BCUT2D eigenvalue weighted by Crippen LogP contribution is -2.13. The van der Waals surface area contributed by atoms with E-state index in [0.29, 0.717) is 22.9 Å². The van der Waals surface area contributed by atoms with E-state index in [1.54, 1.807) is 22.9 Å². The first-order chi connectivity index (χ1) is 14.5. The summed E-state index contributed by atoms with van der Waals surface area (Å²) in [6.45, 7) is 0. The van der Waals surface area contributed by atoms with Gasteiger partial charge in [-0.25, -0.2) is 13.1 Å². The fraction of sp³-hybridized carbons (Fsp3) is 0.0952. The van der Waals surface area contributed by atoms with E-state index in [9.17, 15) is 8.42 Å². The Balaban J connectivity index is 1.77. The first-order valence-corrected chi connectivity index (χ1v) is 11.3. The molecule has 0 aliphatic rings. The van der Waals surface area contributed by atoms with E-state index in [2.05, 4.69) is 9.82 Å². The van der Waals surface area contributed by atoms with E-state index in [1.807, 2.05) is 47.8 Å². The topological polar surface area (TPSA) is 82.5 Å². The van der Waals surface area contributed by atoms with Gasteiger partial charge in [0.1, 0.15) is 10.6 Å². The second-order valence-electron chi connectivity index (χ2n) is 6.27. The SMILES string of the molecule is COc1ccc(NS(=O)(=O)c2cn(-c3ccccc3)nc2-c2cccs2)cc1OC. The number of ether oxygens (including phenoxy) is 2. The summed E-state index contributed by atoms with van der Waals surface area (Å²) < 4.78 is 41.2. The molecule has 30 heavy (non-hydrogen) atoms. The first-order valence-electron chi connectivity index (χ1n) is 8.95. The molecule has 0 spiro atoms. The smallest absolute Gasteiger partial charge is 0.265 e. The van der Waals surface area contributed by atoms with Crippen LogP contribution in [0.2, 0.25) is 0 Å². The van der Waals surface area contributed by atoms with E-state index >= 15 is 0 Å². The van der Waals surface area contributed by atoms with Gasteiger partial charge < -0.3 is 9.47 Å². The van der Waals surface area contributed by atoms with Crippen molar-refractivity contribution in [2.75, 3.05) is 18.9 Å². The number of anilines is 1. The quantitative estimate of drug-likeness (QED) is 0.459. The van der Waals surface area contributed by atoms with Gasteiger partial charge in [-0.1, -0.05) is 24.3 Å². The van der Waals surface area contributed by atoms with Gasteiger partial charge in [-0.2, -0.15) is 5.10 Å². The monoisotopic (exact) mass is 441 g/mol. The molecule has 2 aromatic carbocycles. The summed E-state index contributed by atoms with van der Waals surface area (Å²) in [5.74, 6) is 0.938. The van der Waals surface area contributed by atoms with Gasteiger partial charge in [0.2, 0.25) is 0 Å². The highest BCUT2D eigenvalue weighted by atomic mass is 32.2. The lowest BCUT2D eigenvalue weighted by molar-refractivity contribution is 0.355. The Morgan fingerprint density at radius 1 is 0.967 bits per heavy atom. The zero-order valence-electron chi connectivity index (χ0n) is 16.3. The number of thiophene rings is 1. The van der Waals surface area contributed by atoms with Crippen LogP contribution >= 0.6 is 11.3 Å². The highest BCUT2D eigenvalue weighted by molar-refractivity contribution is 7.92. The number of nitrogens with zero attached hydrogens (tertiary/aromatic N) is 2. The van der Waals surface area contributed by atoms with Gasteiger partial charge in [-0.3, -0.25) is 4.72 Å². The van der Waals surface area contributed by atoms with E-state index in [4.69, 9.17) is 9.47 Å². The zero-order chi connectivity index (χ0) is 21.1. The van der Waals surface area contributed by atoms with Crippen LogP contribution in [0, 0.1) is 0 Å². The molecule has 0 bridgehead atoms. The third kappa shape index (κ3) is 3.89. The number of rotatable bonds is 7. The Morgan fingerprint density at radius 3 is 2.40 bits per heavy atom. The Labute approximate surface area is 178 Å². The minimum atomic E-state index is -3.92. The zero-order valence-corrected chi connectivity index (χ0v) is 17.9. The van der Waals surface area contributed by atoms with Crippen LogP contribution in [0.15, 0.2) is 77.1 Å². The highest BCUT2D eigenvalue weighted by Gasteiger charge is 2.25. The van der Waals surface area contributed by atoms with Gasteiger partial charge in [0.05, 0.1) is 36.7 Å². The summed E-state index contributed by atoms with van der Waals surface area (Å²) in [6, 6.07) is 17.9. The van der Waals surface area contributed by atoms with Crippen molar-refractivity contribution in [2.24, 2.45) is 0 Å². The molecule has 1 N–H and O–H groups in total. The number of benzene rings is 2. The normalized spacial score (nSPS) is 11.3. The molecule has 0 atom stereocenters. The molecule has 4 aromatic rings. The average Bonchev–Trinajstić information content (AvgIpc) is 3.44. The summed E-state index contributed by atoms with van der Waals surface area (Å²) in [5, 5.41) is 6.44. The van der Waals surface area contributed by atoms with Crippen LogP contribution in [0.25, 0.3) is 16.3 Å². The maximum absolute atomic E-state index is 13.3. The van der Waals surface area contributed by atoms with Crippen molar-refractivity contribution in [3.63, 3.8) is 0 Å². The largest absolute Gasteiger partial charge is 0.493 e. The molecule has 2 aromatic heterocycles. The number of para-hydroxylation sites is 1. The van der Waals surface area contributed by atoms with Crippen LogP contribution in [0.3, 0.4) is 0 Å². The fourth-order valence-electron chi connectivity index (χ4n) is 2.96. The van der Waals surface area contributed by atoms with Crippen molar-refractivity contribution in [1.82, 2.24) is 9.78 Å². The van der Waals surface area contributed by atoms with Crippen LogP contribution < -0.4 is 14.2 Å². The molecule has 2 heterocycles. The van der Waals surface area contributed by atoms with Gasteiger partial charge in [0, 0.05) is 6.07 Å². The summed E-state index contributed by atoms with van der Waals surface area (Å²) in [6.07, 6.45) is 1.52. The van der Waals surface area contributed by atoms with E-state index in [0.717, 1.165) is 10.6 Å². The predicted octanol–water partition coefficient (Wildman–Crippen LogP) is 4.42. The lowest BCUT2D eigenvalue weighted by atomic mass is 10.3. The fourth-order valence-corrected chi connectivity index (χ4v) is 4.94. The van der Waals surface area contributed by atoms with Gasteiger partial charge in [0.15, 0.2) is 11.5 Å². The average molecular weight is 442 g/mol. The molecule has 0 unspecified atom stereocenters. The lowest BCUT2D eigenvalue weighted by Gasteiger charge is -2.11. The summed E-state index contributed by atoms with van der Waals surface area (Å²) in [4.78, 5) is 0.848. The molecule has 0 saturated heterocycles. The summed E-state index contributed by atoms with van der Waals surface area (Å²) >= 11 is 1.43. The molecule has 4 rings (SSSR count). The predicted molar refractivity (Wildman–Crippen MR) is 117 cm³/mol. The number of aromatic nitrogens is 2. The van der Waals surface area contributed by atoms with Crippen molar-refractivity contribution >= 4 is 27.0 Å². The molecule has 0 aliphatic heterocycles. The maximum Gasteiger partial charge on any atom is 0.265 e. The van der Waals surface area contributed by atoms with Crippen LogP contribution in [-0.2, 0) is 10.0 Å². The van der Waals surface area contributed by atoms with Gasteiger partial charge in [-0.05, 0) is 35.7 Å². The molecule has 0 saturated carbocycles. The van der Waals surface area contributed by atoms with Crippen LogP contribution in [0.1, 0.15) is 0 Å². The van der Waals surface area contributed by atoms with Crippen molar-refractivity contribution < 1.29 is 17.9 Å². The minimum absolute atomic E-state index is 0.0867. The van der Waals surface area contributed by atoms with Crippen molar-refractivity contribution in [1.29, 1.82) is 0 Å². The first kappa shape index (κ1) is 20.0. The summed E-state index contributed by atoms with van der Waals surface area (Å²) in [7, 11) is -0.909. The number of hydrogen-bond acceptors (Lipinski definition) is 6. The third-order valence-electron chi connectivity index (χ3n) is 4.38. The van der Waals surface area contributed by atoms with E-state index < -0.39 is 10.0 Å². The van der Waals surface area contributed by atoms with Crippen molar-refractivity contribution in [3.8, 4) is 27.8 Å². The Bertz CT molecular complexity index is 1250. The maximum atomic E-state index is 13.3. The molecule has 9 heteroatoms. The molecule has 0 amide bonds. The summed E-state index contributed by atoms with van der Waals surface area (Å²) in [5.41, 5.74) is 1.52. The van der Waals surface area contributed by atoms with Crippen LogP contribution in [-0.4, -0.2) is 32.4 Å². The molecule has 0 fully saturated rings. The number of methoxy groups -OCH3 is 2. The van der Waals surface area contributed by atoms with Gasteiger partial charge in [-0.15, -0.1) is 11.3 Å². The second-order valence-corrected chi connectivity index (χ2v) is 8.87. The molecule has 0 radical (unpaired) electrons. The van der Waals surface area contributed by atoms with E-state index in [-0.39, 0.29) is 4.90 Å². The Kier molecular flexibility index (Phi) is 5.47. The van der Waals surface area contributed by atoms with Crippen LogP contribution in [0.4, 0.5) is 5.69 Å². The van der Waals surface area contributed by atoms with Crippen LogP contribution in [0.5, 0.6) is 11.5 Å².